The van der Waals surface area contributed by atoms with Gasteiger partial charge in [-0.05, 0) is 31.8 Å². The zero-order chi connectivity index (χ0) is 21.7. The zero-order valence-electron chi connectivity index (χ0n) is 18.4. The molecule has 3 rings (SSSR count). The molecule has 1 aromatic carbocycles. The summed E-state index contributed by atoms with van der Waals surface area (Å²) in [7, 11) is 9.36. The molecule has 0 aliphatic carbocycles. The van der Waals surface area contributed by atoms with E-state index in [0.29, 0.717) is 19.6 Å². The van der Waals surface area contributed by atoms with Gasteiger partial charge < -0.3 is 24.8 Å². The second-order valence-corrected chi connectivity index (χ2v) is 7.52. The van der Waals surface area contributed by atoms with Gasteiger partial charge in [0.15, 0.2) is 5.96 Å². The lowest BCUT2D eigenvalue weighted by atomic mass is 10.1. The van der Waals surface area contributed by atoms with Crippen LogP contribution in [0.2, 0.25) is 0 Å². The molecule has 0 saturated carbocycles. The summed E-state index contributed by atoms with van der Waals surface area (Å²) in [5.74, 6) is 1.60. The minimum absolute atomic E-state index is 0.0363. The number of carbonyl (C=O) groups is 1. The minimum atomic E-state index is 0.0363. The molecule has 0 radical (unpaired) electrons. The standard InChI is InChI=1S/C21H31N7O2/c1-22-21(23-13-19(25(2)3)16-7-6-8-18(11-16)30-5)27-9-10-28(20(29)15-27)17-12-24-26(4)14-17/h6-8,11-12,14,19H,9-10,13,15H2,1-5H3,(H,22,23). The maximum absolute atomic E-state index is 12.7. The Kier molecular flexibility index (Phi) is 6.94. The summed E-state index contributed by atoms with van der Waals surface area (Å²) in [4.78, 5) is 23.0. The van der Waals surface area contributed by atoms with Gasteiger partial charge in [0, 0.05) is 39.9 Å². The Morgan fingerprint density at radius 3 is 2.77 bits per heavy atom. The summed E-state index contributed by atoms with van der Waals surface area (Å²) in [6.45, 7) is 2.23. The van der Waals surface area contributed by atoms with Crippen molar-refractivity contribution in [3.05, 3.63) is 42.2 Å². The molecule has 2 heterocycles. The van der Waals surface area contributed by atoms with Crippen molar-refractivity contribution in [2.45, 2.75) is 6.04 Å². The summed E-state index contributed by atoms with van der Waals surface area (Å²) in [6.07, 6.45) is 3.58. The molecule has 1 fully saturated rings. The van der Waals surface area contributed by atoms with Crippen molar-refractivity contribution in [2.24, 2.45) is 12.0 Å². The van der Waals surface area contributed by atoms with Crippen LogP contribution in [0.4, 0.5) is 5.69 Å². The molecule has 1 saturated heterocycles. The first kappa shape index (κ1) is 21.6. The molecule has 9 heteroatoms. The average Bonchev–Trinajstić information content (AvgIpc) is 3.17. The lowest BCUT2D eigenvalue weighted by Crippen LogP contribution is -2.56. The highest BCUT2D eigenvalue weighted by molar-refractivity contribution is 5.98. The van der Waals surface area contributed by atoms with Gasteiger partial charge in [0.2, 0.25) is 5.91 Å². The first-order valence-corrected chi connectivity index (χ1v) is 9.98. The number of carbonyl (C=O) groups excluding carboxylic acids is 1. The van der Waals surface area contributed by atoms with E-state index in [0.717, 1.165) is 23.0 Å². The molecular formula is C21H31N7O2. The van der Waals surface area contributed by atoms with Gasteiger partial charge in [-0.15, -0.1) is 0 Å². The van der Waals surface area contributed by atoms with Crippen molar-refractivity contribution in [2.75, 3.05) is 59.3 Å². The number of nitrogens with zero attached hydrogens (tertiary/aromatic N) is 6. The van der Waals surface area contributed by atoms with Crippen LogP contribution in [0, 0.1) is 0 Å². The van der Waals surface area contributed by atoms with Gasteiger partial charge >= 0.3 is 0 Å². The normalized spacial score (nSPS) is 16.2. The quantitative estimate of drug-likeness (QED) is 0.561. The number of guanidine groups is 1. The van der Waals surface area contributed by atoms with Crippen LogP contribution in [-0.2, 0) is 11.8 Å². The monoisotopic (exact) mass is 413 g/mol. The number of anilines is 1. The fourth-order valence-corrected chi connectivity index (χ4v) is 3.64. The Hall–Kier alpha value is -3.07. The first-order chi connectivity index (χ1) is 14.4. The number of amides is 1. The summed E-state index contributed by atoms with van der Waals surface area (Å²) < 4.78 is 7.07. The predicted octanol–water partition coefficient (Wildman–Crippen LogP) is 0.956. The third kappa shape index (κ3) is 4.91. The van der Waals surface area contributed by atoms with Gasteiger partial charge in [0.1, 0.15) is 12.3 Å². The number of aryl methyl sites for hydroxylation is 1. The van der Waals surface area contributed by atoms with Gasteiger partial charge in [0.25, 0.3) is 0 Å². The molecule has 1 amide bonds. The van der Waals surface area contributed by atoms with E-state index in [2.05, 4.69) is 26.4 Å². The molecule has 1 N–H and O–H groups in total. The molecule has 1 unspecified atom stereocenters. The molecule has 162 valence electrons. The average molecular weight is 414 g/mol. The third-order valence-electron chi connectivity index (χ3n) is 5.29. The molecule has 1 aliphatic heterocycles. The SMILES string of the molecule is CN=C(NCC(c1cccc(OC)c1)N(C)C)N1CCN(c2cnn(C)c2)C(=O)C1. The number of ether oxygens (including phenoxy) is 1. The Morgan fingerprint density at radius 1 is 1.37 bits per heavy atom. The number of likely N-dealkylation sites (N-methyl/N-ethyl adjacent to an activating group) is 1. The molecule has 1 atom stereocenters. The van der Waals surface area contributed by atoms with E-state index in [1.54, 1.807) is 29.9 Å². The molecule has 30 heavy (non-hydrogen) atoms. The van der Waals surface area contributed by atoms with E-state index in [1.807, 2.05) is 50.4 Å². The highest BCUT2D eigenvalue weighted by Gasteiger charge is 2.28. The number of nitrogens with one attached hydrogen (secondary N) is 1. The molecule has 1 aliphatic rings. The third-order valence-corrected chi connectivity index (χ3v) is 5.29. The molecule has 9 nitrogen and oxygen atoms in total. The molecule has 0 spiro atoms. The van der Waals surface area contributed by atoms with Gasteiger partial charge in [-0.1, -0.05) is 12.1 Å². The fourth-order valence-electron chi connectivity index (χ4n) is 3.64. The van der Waals surface area contributed by atoms with Crippen molar-refractivity contribution in [3.63, 3.8) is 0 Å². The van der Waals surface area contributed by atoms with Crippen molar-refractivity contribution in [1.82, 2.24) is 24.9 Å². The number of aromatic nitrogens is 2. The molecule has 2 aromatic rings. The van der Waals surface area contributed by atoms with Gasteiger partial charge in [-0.25, -0.2) is 0 Å². The van der Waals surface area contributed by atoms with Crippen LogP contribution >= 0.6 is 0 Å². The summed E-state index contributed by atoms with van der Waals surface area (Å²) >= 11 is 0. The van der Waals surface area contributed by atoms with Crippen LogP contribution in [0.1, 0.15) is 11.6 Å². The topological polar surface area (TPSA) is 78.2 Å². The fraction of sp³-hybridized carbons (Fsp3) is 0.476. The summed E-state index contributed by atoms with van der Waals surface area (Å²) in [5, 5.41) is 7.60. The molecule has 0 bridgehead atoms. The van der Waals surface area contributed by atoms with E-state index in [-0.39, 0.29) is 18.5 Å². The number of aliphatic imine (C=N–C) groups is 1. The van der Waals surface area contributed by atoms with Crippen molar-refractivity contribution >= 4 is 17.6 Å². The van der Waals surface area contributed by atoms with Crippen LogP contribution in [0.5, 0.6) is 5.75 Å². The molecular weight excluding hydrogens is 382 g/mol. The van der Waals surface area contributed by atoms with E-state index in [1.165, 1.54) is 0 Å². The van der Waals surface area contributed by atoms with Crippen LogP contribution in [-0.4, -0.2) is 85.9 Å². The van der Waals surface area contributed by atoms with E-state index in [9.17, 15) is 4.79 Å². The first-order valence-electron chi connectivity index (χ1n) is 9.98. The van der Waals surface area contributed by atoms with Crippen molar-refractivity contribution in [1.29, 1.82) is 0 Å². The van der Waals surface area contributed by atoms with E-state index >= 15 is 0 Å². The highest BCUT2D eigenvalue weighted by atomic mass is 16.5. The number of rotatable bonds is 6. The number of hydrogen-bond donors (Lipinski definition) is 1. The zero-order valence-corrected chi connectivity index (χ0v) is 18.4. The van der Waals surface area contributed by atoms with Crippen LogP contribution < -0.4 is 15.0 Å². The number of piperazine rings is 1. The predicted molar refractivity (Wildman–Crippen MR) is 118 cm³/mol. The van der Waals surface area contributed by atoms with Crippen molar-refractivity contribution < 1.29 is 9.53 Å². The second kappa shape index (κ2) is 9.62. The minimum Gasteiger partial charge on any atom is -0.497 e. The van der Waals surface area contributed by atoms with Crippen molar-refractivity contribution in [3.8, 4) is 5.75 Å². The highest BCUT2D eigenvalue weighted by Crippen LogP contribution is 2.22. The number of benzene rings is 1. The van der Waals surface area contributed by atoms with E-state index < -0.39 is 0 Å². The largest absolute Gasteiger partial charge is 0.497 e. The lowest BCUT2D eigenvalue weighted by Gasteiger charge is -2.36. The van der Waals surface area contributed by atoms with Crippen LogP contribution in [0.15, 0.2) is 41.7 Å². The Labute approximate surface area is 177 Å². The van der Waals surface area contributed by atoms with E-state index in [4.69, 9.17) is 4.74 Å². The Balaban J connectivity index is 1.64. The Bertz CT molecular complexity index is 893. The van der Waals surface area contributed by atoms with Gasteiger partial charge in [-0.2, -0.15) is 5.10 Å². The molecule has 1 aromatic heterocycles. The van der Waals surface area contributed by atoms with Crippen LogP contribution in [0.3, 0.4) is 0 Å². The lowest BCUT2D eigenvalue weighted by molar-refractivity contribution is -0.120. The summed E-state index contributed by atoms with van der Waals surface area (Å²) in [5.41, 5.74) is 1.98. The van der Waals surface area contributed by atoms with Crippen LogP contribution in [0.25, 0.3) is 0 Å². The smallest absolute Gasteiger partial charge is 0.246 e. The number of methoxy groups -OCH3 is 1. The number of hydrogen-bond acceptors (Lipinski definition) is 5. The summed E-state index contributed by atoms with van der Waals surface area (Å²) in [6, 6.07) is 8.20. The maximum Gasteiger partial charge on any atom is 0.246 e. The maximum atomic E-state index is 12.7. The van der Waals surface area contributed by atoms with Gasteiger partial charge in [0.05, 0.1) is 25.0 Å². The Morgan fingerprint density at radius 2 is 2.17 bits per heavy atom. The second-order valence-electron chi connectivity index (χ2n) is 7.52. The van der Waals surface area contributed by atoms with Gasteiger partial charge in [-0.3, -0.25) is 14.5 Å².